The van der Waals surface area contributed by atoms with Crippen molar-refractivity contribution in [1.82, 2.24) is 15.1 Å². The Labute approximate surface area is 102 Å². The van der Waals surface area contributed by atoms with E-state index in [1.807, 2.05) is 42.2 Å². The molecule has 3 heteroatoms. The third-order valence-electron chi connectivity index (χ3n) is 2.60. The van der Waals surface area contributed by atoms with E-state index >= 15 is 0 Å². The summed E-state index contributed by atoms with van der Waals surface area (Å²) in [4.78, 5) is 0. The molecule has 0 aliphatic rings. The van der Waals surface area contributed by atoms with Crippen molar-refractivity contribution in [3.05, 3.63) is 60.4 Å². The minimum atomic E-state index is 0.771. The second-order valence-corrected chi connectivity index (χ2v) is 4.05. The lowest BCUT2D eigenvalue weighted by Gasteiger charge is -2.06. The van der Waals surface area contributed by atoms with Crippen molar-refractivity contribution in [2.24, 2.45) is 7.05 Å². The van der Waals surface area contributed by atoms with Crippen molar-refractivity contribution in [3.8, 4) is 0 Å². The average molecular weight is 227 g/mol. The molecule has 2 rings (SSSR count). The third kappa shape index (κ3) is 3.29. The van der Waals surface area contributed by atoms with Gasteiger partial charge in [0.15, 0.2) is 0 Å². The van der Waals surface area contributed by atoms with E-state index in [9.17, 15) is 0 Å². The van der Waals surface area contributed by atoms with Gasteiger partial charge in [-0.1, -0.05) is 36.9 Å². The number of nitrogens with zero attached hydrogens (tertiary/aromatic N) is 2. The first-order valence-corrected chi connectivity index (χ1v) is 5.68. The molecule has 0 radical (unpaired) electrons. The maximum absolute atomic E-state index is 4.30. The van der Waals surface area contributed by atoms with E-state index in [-0.39, 0.29) is 0 Å². The Morgan fingerprint density at radius 3 is 2.71 bits per heavy atom. The van der Waals surface area contributed by atoms with Crippen LogP contribution in [0.25, 0.3) is 5.57 Å². The van der Waals surface area contributed by atoms with Crippen LogP contribution in [-0.2, 0) is 13.6 Å². The zero-order valence-corrected chi connectivity index (χ0v) is 10.1. The van der Waals surface area contributed by atoms with E-state index in [2.05, 4.69) is 29.1 Å². The lowest BCUT2D eigenvalue weighted by atomic mass is 10.1. The fourth-order valence-electron chi connectivity index (χ4n) is 1.67. The maximum atomic E-state index is 4.30. The van der Waals surface area contributed by atoms with Crippen LogP contribution in [0.5, 0.6) is 0 Å². The van der Waals surface area contributed by atoms with Crippen molar-refractivity contribution < 1.29 is 0 Å². The van der Waals surface area contributed by atoms with Crippen LogP contribution in [0.1, 0.15) is 11.3 Å². The molecule has 0 aliphatic heterocycles. The minimum absolute atomic E-state index is 0.771. The van der Waals surface area contributed by atoms with Gasteiger partial charge in [0.25, 0.3) is 0 Å². The van der Waals surface area contributed by atoms with E-state index in [0.717, 1.165) is 24.4 Å². The molecule has 3 nitrogen and oxygen atoms in total. The van der Waals surface area contributed by atoms with Crippen LogP contribution in [0.3, 0.4) is 0 Å². The molecule has 0 amide bonds. The molecule has 0 saturated heterocycles. The van der Waals surface area contributed by atoms with Gasteiger partial charge in [0.05, 0.1) is 5.69 Å². The molecule has 0 unspecified atom stereocenters. The van der Waals surface area contributed by atoms with Gasteiger partial charge in [-0.3, -0.25) is 4.68 Å². The average Bonchev–Trinajstić information content (AvgIpc) is 2.76. The van der Waals surface area contributed by atoms with Crippen molar-refractivity contribution >= 4 is 5.57 Å². The summed E-state index contributed by atoms with van der Waals surface area (Å²) in [5, 5.41) is 7.64. The summed E-state index contributed by atoms with van der Waals surface area (Å²) in [5.41, 5.74) is 3.33. The Hall–Kier alpha value is -1.87. The Balaban J connectivity index is 1.81. The molecule has 1 aromatic carbocycles. The molecule has 1 heterocycles. The van der Waals surface area contributed by atoms with Gasteiger partial charge in [-0.15, -0.1) is 0 Å². The first kappa shape index (κ1) is 11.6. The normalized spacial score (nSPS) is 10.4. The van der Waals surface area contributed by atoms with Crippen LogP contribution in [0.15, 0.2) is 49.2 Å². The summed E-state index contributed by atoms with van der Waals surface area (Å²) < 4.78 is 1.81. The predicted molar refractivity (Wildman–Crippen MR) is 70.4 cm³/mol. The smallest absolute Gasteiger partial charge is 0.0762 e. The molecule has 0 spiro atoms. The van der Waals surface area contributed by atoms with E-state index in [1.54, 1.807) is 0 Å². The first-order chi connectivity index (χ1) is 8.25. The SMILES string of the molecule is C=C(CNCc1ccn(C)n1)c1ccccc1. The maximum Gasteiger partial charge on any atom is 0.0762 e. The van der Waals surface area contributed by atoms with Gasteiger partial charge in [0.1, 0.15) is 0 Å². The predicted octanol–water partition coefficient (Wildman–Crippen LogP) is 2.22. The monoisotopic (exact) mass is 227 g/mol. The van der Waals surface area contributed by atoms with E-state index in [4.69, 9.17) is 0 Å². The number of hydrogen-bond acceptors (Lipinski definition) is 2. The Morgan fingerprint density at radius 1 is 1.29 bits per heavy atom. The van der Waals surface area contributed by atoms with Gasteiger partial charge >= 0.3 is 0 Å². The second-order valence-electron chi connectivity index (χ2n) is 4.05. The van der Waals surface area contributed by atoms with Gasteiger partial charge in [0.2, 0.25) is 0 Å². The molecule has 1 N–H and O–H groups in total. The second kappa shape index (κ2) is 5.46. The first-order valence-electron chi connectivity index (χ1n) is 5.68. The van der Waals surface area contributed by atoms with Gasteiger partial charge in [-0.25, -0.2) is 0 Å². The molecule has 0 atom stereocenters. The number of aryl methyl sites for hydroxylation is 1. The number of benzene rings is 1. The molecular weight excluding hydrogens is 210 g/mol. The van der Waals surface area contributed by atoms with Crippen LogP contribution >= 0.6 is 0 Å². The van der Waals surface area contributed by atoms with Gasteiger partial charge in [-0.05, 0) is 17.2 Å². The molecule has 2 aromatic rings. The highest BCUT2D eigenvalue weighted by Crippen LogP contribution is 2.10. The summed E-state index contributed by atoms with van der Waals surface area (Å²) in [7, 11) is 1.92. The molecule has 1 aromatic heterocycles. The van der Waals surface area contributed by atoms with E-state index in [0.29, 0.717) is 0 Å². The van der Waals surface area contributed by atoms with Crippen molar-refractivity contribution in [2.75, 3.05) is 6.54 Å². The van der Waals surface area contributed by atoms with Crippen LogP contribution in [0, 0.1) is 0 Å². The van der Waals surface area contributed by atoms with E-state index in [1.165, 1.54) is 5.56 Å². The molecular formula is C14H17N3. The summed E-state index contributed by atoms with van der Waals surface area (Å²) in [6.07, 6.45) is 1.95. The molecule has 17 heavy (non-hydrogen) atoms. The molecule has 0 saturated carbocycles. The summed E-state index contributed by atoms with van der Waals surface area (Å²) >= 11 is 0. The standard InChI is InChI=1S/C14H17N3/c1-12(13-6-4-3-5-7-13)10-15-11-14-8-9-17(2)16-14/h3-9,15H,1,10-11H2,2H3. The zero-order chi connectivity index (χ0) is 12.1. The fraction of sp³-hybridized carbons (Fsp3) is 0.214. The van der Waals surface area contributed by atoms with Crippen molar-refractivity contribution in [3.63, 3.8) is 0 Å². The van der Waals surface area contributed by atoms with Gasteiger partial charge in [-0.2, -0.15) is 5.10 Å². The number of aromatic nitrogens is 2. The van der Waals surface area contributed by atoms with Crippen molar-refractivity contribution in [2.45, 2.75) is 6.54 Å². The summed E-state index contributed by atoms with van der Waals surface area (Å²) in [5.74, 6) is 0. The van der Waals surface area contributed by atoms with Gasteiger partial charge in [0, 0.05) is 26.3 Å². The molecule has 0 bridgehead atoms. The lowest BCUT2D eigenvalue weighted by Crippen LogP contribution is -2.16. The van der Waals surface area contributed by atoms with Crippen LogP contribution in [0.2, 0.25) is 0 Å². The lowest BCUT2D eigenvalue weighted by molar-refractivity contribution is 0.696. The molecule has 88 valence electrons. The zero-order valence-electron chi connectivity index (χ0n) is 10.1. The number of hydrogen-bond donors (Lipinski definition) is 1. The fourth-order valence-corrected chi connectivity index (χ4v) is 1.67. The molecule has 0 aliphatic carbocycles. The Kier molecular flexibility index (Phi) is 3.73. The third-order valence-corrected chi connectivity index (χ3v) is 2.60. The van der Waals surface area contributed by atoms with Crippen LogP contribution in [0.4, 0.5) is 0 Å². The van der Waals surface area contributed by atoms with Gasteiger partial charge < -0.3 is 5.32 Å². The summed E-state index contributed by atoms with van der Waals surface area (Å²) in [6, 6.07) is 12.2. The minimum Gasteiger partial charge on any atom is -0.307 e. The van der Waals surface area contributed by atoms with Crippen LogP contribution < -0.4 is 5.32 Å². The topological polar surface area (TPSA) is 29.9 Å². The molecule has 0 fully saturated rings. The Bertz CT molecular complexity index is 485. The largest absolute Gasteiger partial charge is 0.307 e. The van der Waals surface area contributed by atoms with E-state index < -0.39 is 0 Å². The number of rotatable bonds is 5. The highest BCUT2D eigenvalue weighted by molar-refractivity contribution is 5.64. The number of nitrogens with one attached hydrogen (secondary N) is 1. The summed E-state index contributed by atoms with van der Waals surface area (Å²) in [6.45, 7) is 5.62. The van der Waals surface area contributed by atoms with Crippen LogP contribution in [-0.4, -0.2) is 16.3 Å². The quantitative estimate of drug-likeness (QED) is 0.849. The van der Waals surface area contributed by atoms with Crippen molar-refractivity contribution in [1.29, 1.82) is 0 Å². The highest BCUT2D eigenvalue weighted by atomic mass is 15.3. The Morgan fingerprint density at radius 2 is 2.06 bits per heavy atom. The highest BCUT2D eigenvalue weighted by Gasteiger charge is 1.99.